The molecule has 0 heterocycles. The van der Waals surface area contributed by atoms with Gasteiger partial charge in [0.15, 0.2) is 0 Å². The first-order valence-corrected chi connectivity index (χ1v) is 8.12. The van der Waals surface area contributed by atoms with Crippen LogP contribution < -0.4 is 0 Å². The molecule has 0 bridgehead atoms. The molecule has 1 rings (SSSR count). The number of rotatable bonds is 5. The van der Waals surface area contributed by atoms with Gasteiger partial charge in [-0.3, -0.25) is 0 Å². The molecule has 24 heavy (non-hydrogen) atoms. The van der Waals surface area contributed by atoms with Gasteiger partial charge < -0.3 is 14.9 Å². The van der Waals surface area contributed by atoms with Gasteiger partial charge in [0.1, 0.15) is 5.60 Å². The lowest BCUT2D eigenvalue weighted by molar-refractivity contribution is -0.137. The van der Waals surface area contributed by atoms with E-state index in [-0.39, 0.29) is 5.97 Å². The van der Waals surface area contributed by atoms with Crippen molar-refractivity contribution in [2.45, 2.75) is 53.2 Å². The summed E-state index contributed by atoms with van der Waals surface area (Å²) in [6.45, 7) is 11.2. The molecule has 0 aliphatic heterocycles. The number of ether oxygens (including phenoxy) is 1. The standard InChI is InChI=1S/C20H28O4/c1-7-24-19(22)11-13(2)9-8-10-14(3)20(23)15(4)12-18(21)16(5)17(20)6/h8-12,18,21,23H,7H2,1-6H3/b9-8+,13-11+,14-10+. The highest BCUT2D eigenvalue weighted by atomic mass is 16.5. The van der Waals surface area contributed by atoms with E-state index in [1.807, 2.05) is 40.7 Å². The summed E-state index contributed by atoms with van der Waals surface area (Å²) in [6.07, 6.45) is 7.84. The third-order valence-corrected chi connectivity index (χ3v) is 4.46. The highest BCUT2D eigenvalue weighted by Crippen LogP contribution is 2.39. The zero-order chi connectivity index (χ0) is 18.5. The molecule has 0 aromatic carbocycles. The van der Waals surface area contributed by atoms with Gasteiger partial charge >= 0.3 is 5.97 Å². The summed E-state index contributed by atoms with van der Waals surface area (Å²) in [5, 5.41) is 21.1. The summed E-state index contributed by atoms with van der Waals surface area (Å²) in [6, 6.07) is 0. The van der Waals surface area contributed by atoms with Crippen LogP contribution in [0, 0.1) is 0 Å². The average molecular weight is 332 g/mol. The smallest absolute Gasteiger partial charge is 0.330 e. The fraction of sp³-hybridized carbons (Fsp3) is 0.450. The highest BCUT2D eigenvalue weighted by Gasteiger charge is 2.37. The van der Waals surface area contributed by atoms with Gasteiger partial charge in [0, 0.05) is 6.08 Å². The van der Waals surface area contributed by atoms with E-state index < -0.39 is 11.7 Å². The molecule has 2 unspecified atom stereocenters. The summed E-state index contributed by atoms with van der Waals surface area (Å²) in [7, 11) is 0. The van der Waals surface area contributed by atoms with Gasteiger partial charge in [0.25, 0.3) is 0 Å². The minimum Gasteiger partial charge on any atom is -0.463 e. The predicted octanol–water partition coefficient (Wildman–Crippen LogP) is 3.39. The van der Waals surface area contributed by atoms with Crippen molar-refractivity contribution >= 4 is 5.97 Å². The van der Waals surface area contributed by atoms with Crippen LogP contribution >= 0.6 is 0 Å². The van der Waals surface area contributed by atoms with E-state index in [4.69, 9.17) is 4.74 Å². The van der Waals surface area contributed by atoms with Gasteiger partial charge in [-0.1, -0.05) is 18.2 Å². The maximum Gasteiger partial charge on any atom is 0.330 e. The second-order valence-corrected chi connectivity index (χ2v) is 6.16. The van der Waals surface area contributed by atoms with Crippen LogP contribution in [0.5, 0.6) is 0 Å². The fourth-order valence-electron chi connectivity index (χ4n) is 2.77. The summed E-state index contributed by atoms with van der Waals surface area (Å²) < 4.78 is 4.86. The Labute approximate surface area is 144 Å². The zero-order valence-electron chi connectivity index (χ0n) is 15.4. The lowest BCUT2D eigenvalue weighted by Gasteiger charge is -2.37. The molecule has 1 aliphatic rings. The van der Waals surface area contributed by atoms with E-state index in [1.165, 1.54) is 6.08 Å². The van der Waals surface area contributed by atoms with Gasteiger partial charge in [-0.15, -0.1) is 0 Å². The van der Waals surface area contributed by atoms with Crippen LogP contribution in [0.1, 0.15) is 41.5 Å². The van der Waals surface area contributed by atoms with Crippen LogP contribution in [0.15, 0.2) is 58.2 Å². The molecule has 0 saturated heterocycles. The van der Waals surface area contributed by atoms with Crippen molar-refractivity contribution in [2.75, 3.05) is 6.61 Å². The van der Waals surface area contributed by atoms with E-state index in [0.29, 0.717) is 12.2 Å². The molecule has 4 heteroatoms. The molecule has 2 N–H and O–H groups in total. The Hall–Kier alpha value is -1.91. The topological polar surface area (TPSA) is 66.8 Å². The lowest BCUT2D eigenvalue weighted by atomic mass is 9.74. The van der Waals surface area contributed by atoms with Crippen molar-refractivity contribution in [2.24, 2.45) is 0 Å². The monoisotopic (exact) mass is 332 g/mol. The Morgan fingerprint density at radius 3 is 2.54 bits per heavy atom. The Balaban J connectivity index is 3.02. The third-order valence-electron chi connectivity index (χ3n) is 4.46. The normalized spacial score (nSPS) is 26.0. The molecule has 2 atom stereocenters. The number of carbonyl (C=O) groups is 1. The summed E-state index contributed by atoms with van der Waals surface area (Å²) in [5.41, 5.74) is 2.54. The Morgan fingerprint density at radius 1 is 1.33 bits per heavy atom. The van der Waals surface area contributed by atoms with Gasteiger partial charge in [0.2, 0.25) is 0 Å². The Morgan fingerprint density at radius 2 is 1.96 bits per heavy atom. The van der Waals surface area contributed by atoms with E-state index >= 15 is 0 Å². The number of allylic oxidation sites excluding steroid dienone is 4. The SMILES string of the molecule is CCOC(=O)/C=C(C)/C=C/C=C(\C)C1(O)C(C)=CC(O)C(C)=C1C. The summed E-state index contributed by atoms with van der Waals surface area (Å²) in [5.74, 6) is -0.367. The van der Waals surface area contributed by atoms with Crippen LogP contribution in [0.4, 0.5) is 0 Å². The first-order chi connectivity index (χ1) is 11.1. The second-order valence-electron chi connectivity index (χ2n) is 6.16. The molecule has 4 nitrogen and oxygen atoms in total. The molecule has 0 radical (unpaired) electrons. The van der Waals surface area contributed by atoms with Crippen molar-refractivity contribution in [3.8, 4) is 0 Å². The first kappa shape index (κ1) is 20.1. The van der Waals surface area contributed by atoms with Crippen LogP contribution in [-0.2, 0) is 9.53 Å². The molecular formula is C20H28O4. The van der Waals surface area contributed by atoms with Crippen molar-refractivity contribution in [3.63, 3.8) is 0 Å². The largest absolute Gasteiger partial charge is 0.463 e. The molecule has 132 valence electrons. The number of esters is 1. The molecule has 0 fully saturated rings. The van der Waals surface area contributed by atoms with Crippen LogP contribution in [0.3, 0.4) is 0 Å². The number of aliphatic hydroxyl groups is 2. The summed E-state index contributed by atoms with van der Waals surface area (Å²) in [4.78, 5) is 11.4. The predicted molar refractivity (Wildman–Crippen MR) is 96.4 cm³/mol. The van der Waals surface area contributed by atoms with Crippen molar-refractivity contribution in [1.82, 2.24) is 0 Å². The number of carbonyl (C=O) groups excluding carboxylic acids is 1. The van der Waals surface area contributed by atoms with Gasteiger partial charge in [-0.25, -0.2) is 4.79 Å². The van der Waals surface area contributed by atoms with Crippen LogP contribution in [-0.4, -0.2) is 34.5 Å². The maximum atomic E-state index is 11.4. The molecule has 0 aromatic heterocycles. The number of aliphatic hydroxyl groups excluding tert-OH is 1. The maximum absolute atomic E-state index is 11.4. The van der Waals surface area contributed by atoms with Gasteiger partial charge in [0.05, 0.1) is 12.7 Å². The van der Waals surface area contributed by atoms with Gasteiger partial charge in [-0.2, -0.15) is 0 Å². The minimum atomic E-state index is -1.19. The molecule has 1 aliphatic carbocycles. The quantitative estimate of drug-likeness (QED) is 0.350. The van der Waals surface area contributed by atoms with E-state index in [9.17, 15) is 15.0 Å². The van der Waals surface area contributed by atoms with E-state index in [0.717, 1.165) is 22.3 Å². The number of hydrogen-bond donors (Lipinski definition) is 2. The number of hydrogen-bond acceptors (Lipinski definition) is 4. The lowest BCUT2D eigenvalue weighted by Crippen LogP contribution is -2.38. The molecule has 0 amide bonds. The summed E-state index contributed by atoms with van der Waals surface area (Å²) >= 11 is 0. The van der Waals surface area contributed by atoms with Crippen LogP contribution in [0.25, 0.3) is 0 Å². The van der Waals surface area contributed by atoms with Crippen molar-refractivity contribution in [3.05, 3.63) is 58.2 Å². The molecular weight excluding hydrogens is 304 g/mol. The van der Waals surface area contributed by atoms with Crippen molar-refractivity contribution in [1.29, 1.82) is 0 Å². The highest BCUT2D eigenvalue weighted by molar-refractivity contribution is 5.83. The van der Waals surface area contributed by atoms with Crippen molar-refractivity contribution < 1.29 is 19.7 Å². The average Bonchev–Trinajstić information content (AvgIpc) is 2.50. The molecule has 0 spiro atoms. The fourth-order valence-corrected chi connectivity index (χ4v) is 2.77. The van der Waals surface area contributed by atoms with Crippen LogP contribution in [0.2, 0.25) is 0 Å². The first-order valence-electron chi connectivity index (χ1n) is 8.12. The van der Waals surface area contributed by atoms with E-state index in [1.54, 1.807) is 25.2 Å². The Kier molecular flexibility index (Phi) is 6.93. The zero-order valence-corrected chi connectivity index (χ0v) is 15.4. The Bertz CT molecular complexity index is 647. The van der Waals surface area contributed by atoms with Gasteiger partial charge in [-0.05, 0) is 75.5 Å². The molecule has 0 aromatic rings. The third kappa shape index (κ3) is 4.34. The second kappa shape index (κ2) is 8.27. The minimum absolute atomic E-state index is 0.348. The van der Waals surface area contributed by atoms with E-state index in [2.05, 4.69) is 0 Å². The molecule has 0 saturated carbocycles.